The molecule has 1 aromatic heterocycles. The Labute approximate surface area is 107 Å². The molecule has 0 radical (unpaired) electrons. The zero-order valence-electron chi connectivity index (χ0n) is 10.9. The highest BCUT2D eigenvalue weighted by atomic mass is 16.5. The molecular weight excluding hydrogens is 232 g/mol. The molecule has 1 aliphatic rings. The van der Waals surface area contributed by atoms with Crippen LogP contribution in [-0.2, 0) is 11.8 Å². The second-order valence-corrected chi connectivity index (χ2v) is 4.55. The van der Waals surface area contributed by atoms with E-state index in [-0.39, 0.29) is 12.0 Å². The summed E-state index contributed by atoms with van der Waals surface area (Å²) < 4.78 is 7.13. The van der Waals surface area contributed by atoms with Gasteiger partial charge in [0.15, 0.2) is 5.69 Å². The molecule has 1 amide bonds. The van der Waals surface area contributed by atoms with Crippen molar-refractivity contribution in [2.75, 3.05) is 25.4 Å². The Balaban J connectivity index is 1.97. The Bertz CT molecular complexity index is 422. The molecule has 0 spiro atoms. The number of hydrogen-bond donors (Lipinski definition) is 1. The number of aryl methyl sites for hydroxylation is 1. The molecule has 2 heterocycles. The summed E-state index contributed by atoms with van der Waals surface area (Å²) in [5.41, 5.74) is 6.56. The molecule has 0 aliphatic carbocycles. The number of piperidine rings is 1. The number of nitrogens with two attached hydrogens (primary N) is 1. The lowest BCUT2D eigenvalue weighted by Gasteiger charge is -2.31. The van der Waals surface area contributed by atoms with Gasteiger partial charge in [-0.15, -0.1) is 0 Å². The van der Waals surface area contributed by atoms with Crippen LogP contribution >= 0.6 is 0 Å². The highest BCUT2D eigenvalue weighted by Gasteiger charge is 2.26. The van der Waals surface area contributed by atoms with Gasteiger partial charge in [-0.25, -0.2) is 0 Å². The average Bonchev–Trinajstić information content (AvgIpc) is 2.69. The normalized spacial score (nSPS) is 17.1. The number of ether oxygens (including phenoxy) is 1. The van der Waals surface area contributed by atoms with E-state index in [9.17, 15) is 4.79 Å². The number of aromatic nitrogens is 2. The van der Waals surface area contributed by atoms with Crippen LogP contribution in [0, 0.1) is 0 Å². The fourth-order valence-electron chi connectivity index (χ4n) is 2.28. The SMILES string of the molecule is CCOC1CCN(C(=O)c2nn(C)cc2N)CC1. The van der Waals surface area contributed by atoms with Crippen molar-refractivity contribution in [1.82, 2.24) is 14.7 Å². The predicted molar refractivity (Wildman–Crippen MR) is 68.2 cm³/mol. The van der Waals surface area contributed by atoms with E-state index in [1.165, 1.54) is 0 Å². The summed E-state index contributed by atoms with van der Waals surface area (Å²) in [6.45, 7) is 4.14. The van der Waals surface area contributed by atoms with Crippen LogP contribution < -0.4 is 5.73 Å². The first-order chi connectivity index (χ1) is 8.61. The average molecular weight is 252 g/mol. The molecule has 0 bridgehead atoms. The van der Waals surface area contributed by atoms with Gasteiger partial charge in [-0.3, -0.25) is 9.48 Å². The molecule has 1 fully saturated rings. The predicted octanol–water partition coefficient (Wildman–Crippen LogP) is 0.643. The fraction of sp³-hybridized carbons (Fsp3) is 0.667. The van der Waals surface area contributed by atoms with Gasteiger partial charge in [-0.1, -0.05) is 0 Å². The number of nitrogens with zero attached hydrogens (tertiary/aromatic N) is 3. The van der Waals surface area contributed by atoms with Crippen molar-refractivity contribution in [3.8, 4) is 0 Å². The molecule has 0 aromatic carbocycles. The molecular formula is C12H20N4O2. The number of amides is 1. The molecule has 0 atom stereocenters. The van der Waals surface area contributed by atoms with E-state index < -0.39 is 0 Å². The Hall–Kier alpha value is -1.56. The number of carbonyl (C=O) groups excluding carboxylic acids is 1. The number of anilines is 1. The number of hydrogen-bond acceptors (Lipinski definition) is 4. The minimum Gasteiger partial charge on any atom is -0.396 e. The minimum absolute atomic E-state index is 0.0805. The van der Waals surface area contributed by atoms with Gasteiger partial charge in [0, 0.05) is 32.9 Å². The van der Waals surface area contributed by atoms with Gasteiger partial charge < -0.3 is 15.4 Å². The fourth-order valence-corrected chi connectivity index (χ4v) is 2.28. The van der Waals surface area contributed by atoms with Gasteiger partial charge in [0.2, 0.25) is 0 Å². The summed E-state index contributed by atoms with van der Waals surface area (Å²) in [5.74, 6) is -0.0805. The van der Waals surface area contributed by atoms with Crippen molar-refractivity contribution >= 4 is 11.6 Å². The van der Waals surface area contributed by atoms with E-state index in [1.54, 1.807) is 22.8 Å². The second kappa shape index (κ2) is 5.39. The lowest BCUT2D eigenvalue weighted by atomic mass is 10.1. The smallest absolute Gasteiger partial charge is 0.276 e. The van der Waals surface area contributed by atoms with Crippen LogP contribution in [0.4, 0.5) is 5.69 Å². The summed E-state index contributed by atoms with van der Waals surface area (Å²) in [7, 11) is 1.76. The van der Waals surface area contributed by atoms with E-state index in [2.05, 4.69) is 5.10 Å². The van der Waals surface area contributed by atoms with Gasteiger partial charge in [-0.2, -0.15) is 5.10 Å². The number of nitrogen functional groups attached to an aromatic ring is 1. The molecule has 0 unspecified atom stereocenters. The van der Waals surface area contributed by atoms with Crippen LogP contribution in [0.25, 0.3) is 0 Å². The molecule has 6 nitrogen and oxygen atoms in total. The Morgan fingerprint density at radius 3 is 2.72 bits per heavy atom. The number of likely N-dealkylation sites (tertiary alicyclic amines) is 1. The van der Waals surface area contributed by atoms with Crippen molar-refractivity contribution in [3.05, 3.63) is 11.9 Å². The highest BCUT2D eigenvalue weighted by molar-refractivity contribution is 5.97. The zero-order valence-corrected chi connectivity index (χ0v) is 10.9. The first-order valence-electron chi connectivity index (χ1n) is 6.31. The monoisotopic (exact) mass is 252 g/mol. The largest absolute Gasteiger partial charge is 0.396 e. The van der Waals surface area contributed by atoms with Gasteiger partial charge >= 0.3 is 0 Å². The molecule has 6 heteroatoms. The van der Waals surface area contributed by atoms with Crippen molar-refractivity contribution in [2.45, 2.75) is 25.9 Å². The van der Waals surface area contributed by atoms with Crippen LogP contribution in [0.3, 0.4) is 0 Å². The van der Waals surface area contributed by atoms with Crippen LogP contribution in [0.5, 0.6) is 0 Å². The molecule has 18 heavy (non-hydrogen) atoms. The van der Waals surface area contributed by atoms with Crippen molar-refractivity contribution < 1.29 is 9.53 Å². The van der Waals surface area contributed by atoms with Gasteiger partial charge in [0.05, 0.1) is 11.8 Å². The van der Waals surface area contributed by atoms with Crippen molar-refractivity contribution in [1.29, 1.82) is 0 Å². The van der Waals surface area contributed by atoms with Crippen LogP contribution in [0.15, 0.2) is 6.20 Å². The molecule has 100 valence electrons. The van der Waals surface area contributed by atoms with E-state index in [0.29, 0.717) is 24.5 Å². The van der Waals surface area contributed by atoms with E-state index >= 15 is 0 Å². The third kappa shape index (κ3) is 2.64. The van der Waals surface area contributed by atoms with Gasteiger partial charge in [-0.05, 0) is 19.8 Å². The summed E-state index contributed by atoms with van der Waals surface area (Å²) in [6, 6.07) is 0. The third-order valence-electron chi connectivity index (χ3n) is 3.19. The molecule has 0 saturated carbocycles. The number of carbonyl (C=O) groups is 1. The maximum absolute atomic E-state index is 12.2. The second-order valence-electron chi connectivity index (χ2n) is 4.55. The maximum Gasteiger partial charge on any atom is 0.276 e. The van der Waals surface area contributed by atoms with E-state index in [4.69, 9.17) is 10.5 Å². The van der Waals surface area contributed by atoms with Crippen LogP contribution in [0.2, 0.25) is 0 Å². The molecule has 1 saturated heterocycles. The first kappa shape index (κ1) is 12.9. The third-order valence-corrected chi connectivity index (χ3v) is 3.19. The summed E-state index contributed by atoms with van der Waals surface area (Å²) in [6.07, 6.45) is 3.69. The Morgan fingerprint density at radius 1 is 1.56 bits per heavy atom. The van der Waals surface area contributed by atoms with Gasteiger partial charge in [0.1, 0.15) is 0 Å². The van der Waals surface area contributed by atoms with Crippen molar-refractivity contribution in [2.24, 2.45) is 7.05 Å². The minimum atomic E-state index is -0.0805. The Kier molecular flexibility index (Phi) is 3.86. The lowest BCUT2D eigenvalue weighted by Crippen LogP contribution is -2.41. The molecule has 2 N–H and O–H groups in total. The standard InChI is InChI=1S/C12H20N4O2/c1-3-18-9-4-6-16(7-5-9)12(17)11-10(13)8-15(2)14-11/h8-9H,3-7,13H2,1-2H3. The highest BCUT2D eigenvalue weighted by Crippen LogP contribution is 2.18. The van der Waals surface area contributed by atoms with Crippen LogP contribution in [-0.4, -0.2) is 46.4 Å². The number of rotatable bonds is 3. The summed E-state index contributed by atoms with van der Waals surface area (Å²) >= 11 is 0. The quantitative estimate of drug-likeness (QED) is 0.857. The van der Waals surface area contributed by atoms with Gasteiger partial charge in [0.25, 0.3) is 5.91 Å². The van der Waals surface area contributed by atoms with Crippen molar-refractivity contribution in [3.63, 3.8) is 0 Å². The van der Waals surface area contributed by atoms with E-state index in [0.717, 1.165) is 19.4 Å². The molecule has 2 rings (SSSR count). The van der Waals surface area contributed by atoms with E-state index in [1.807, 2.05) is 6.92 Å². The topological polar surface area (TPSA) is 73.4 Å². The first-order valence-corrected chi connectivity index (χ1v) is 6.31. The molecule has 1 aromatic rings. The maximum atomic E-state index is 12.2. The molecule has 1 aliphatic heterocycles. The zero-order chi connectivity index (χ0) is 13.1. The Morgan fingerprint density at radius 2 is 2.22 bits per heavy atom. The summed E-state index contributed by atoms with van der Waals surface area (Å²) in [4.78, 5) is 14.0. The summed E-state index contributed by atoms with van der Waals surface area (Å²) in [5, 5.41) is 4.11. The lowest BCUT2D eigenvalue weighted by molar-refractivity contribution is 0.0144. The van der Waals surface area contributed by atoms with Crippen LogP contribution in [0.1, 0.15) is 30.3 Å².